The number of imidazole rings is 1. The van der Waals surface area contributed by atoms with Crippen LogP contribution in [0.2, 0.25) is 25.7 Å². The van der Waals surface area contributed by atoms with E-state index in [2.05, 4.69) is 40.2 Å². The second-order valence-electron chi connectivity index (χ2n) is 10.4. The predicted molar refractivity (Wildman–Crippen MR) is 163 cm³/mol. The molecule has 0 aliphatic carbocycles. The number of carbonyl (C=O) groups excluding carboxylic acids is 2. The summed E-state index contributed by atoms with van der Waals surface area (Å²) in [6, 6.07) is 15.8. The summed E-state index contributed by atoms with van der Waals surface area (Å²) < 4.78 is 8.22. The highest BCUT2D eigenvalue weighted by atomic mass is 32.2. The molecule has 0 radical (unpaired) electrons. The van der Waals surface area contributed by atoms with Crippen molar-refractivity contribution < 1.29 is 14.3 Å². The molecule has 4 aromatic rings. The van der Waals surface area contributed by atoms with E-state index in [1.54, 1.807) is 24.5 Å². The summed E-state index contributed by atoms with van der Waals surface area (Å²) in [5.74, 6) is -0.0355. The Kier molecular flexibility index (Phi) is 9.51. The number of nitrogens with zero attached hydrogens (tertiary/aromatic N) is 4. The number of hydrogen-bond acceptors (Lipinski definition) is 7. The maximum atomic E-state index is 13.0. The average molecular weight is 575 g/mol. The summed E-state index contributed by atoms with van der Waals surface area (Å²) in [4.78, 5) is 38.2. The lowest BCUT2D eigenvalue weighted by Crippen LogP contribution is -2.22. The van der Waals surface area contributed by atoms with Crippen LogP contribution in [0.4, 0.5) is 11.5 Å². The van der Waals surface area contributed by atoms with Crippen molar-refractivity contribution >= 4 is 43.2 Å². The zero-order chi connectivity index (χ0) is 28.7. The Morgan fingerprint density at radius 1 is 1.05 bits per heavy atom. The molecule has 40 heavy (non-hydrogen) atoms. The number of para-hydroxylation sites is 1. The number of hydrogen-bond donors (Lipinski definition) is 2. The van der Waals surface area contributed by atoms with E-state index in [-0.39, 0.29) is 11.8 Å². The molecule has 1 aromatic carbocycles. The Bertz CT molecular complexity index is 1490. The fourth-order valence-corrected chi connectivity index (χ4v) is 5.34. The predicted octanol–water partition coefficient (Wildman–Crippen LogP) is 6.25. The van der Waals surface area contributed by atoms with E-state index in [1.165, 1.54) is 24.9 Å². The minimum absolute atomic E-state index is 0.207. The molecule has 0 aliphatic rings. The normalized spacial score (nSPS) is 11.3. The lowest BCUT2D eigenvalue weighted by Gasteiger charge is -2.17. The van der Waals surface area contributed by atoms with Gasteiger partial charge in [0.1, 0.15) is 12.5 Å². The molecule has 0 fully saturated rings. The van der Waals surface area contributed by atoms with Crippen LogP contribution in [0, 0.1) is 0 Å². The van der Waals surface area contributed by atoms with Gasteiger partial charge in [0.2, 0.25) is 5.91 Å². The Labute approximate surface area is 239 Å². The van der Waals surface area contributed by atoms with E-state index in [4.69, 9.17) is 9.72 Å². The second-order valence-corrected chi connectivity index (χ2v) is 16.8. The summed E-state index contributed by atoms with van der Waals surface area (Å²) in [6.07, 6.45) is 6.79. The van der Waals surface area contributed by atoms with Crippen molar-refractivity contribution in [2.75, 3.05) is 23.5 Å². The van der Waals surface area contributed by atoms with Crippen molar-refractivity contribution in [3.05, 3.63) is 72.7 Å². The molecule has 11 heteroatoms. The number of thioether (sulfide) groups is 1. The Morgan fingerprint density at radius 3 is 2.55 bits per heavy atom. The minimum Gasteiger partial charge on any atom is -0.361 e. The number of nitrogens with one attached hydrogen (secondary N) is 2. The number of benzene rings is 1. The fourth-order valence-electron chi connectivity index (χ4n) is 4.04. The summed E-state index contributed by atoms with van der Waals surface area (Å²) >= 11 is 1.51. The minimum atomic E-state index is -1.26. The van der Waals surface area contributed by atoms with Crippen LogP contribution >= 0.6 is 11.8 Å². The lowest BCUT2D eigenvalue weighted by molar-refractivity contribution is -0.114. The van der Waals surface area contributed by atoms with Gasteiger partial charge in [-0.3, -0.25) is 19.1 Å². The van der Waals surface area contributed by atoms with Gasteiger partial charge in [-0.1, -0.05) is 49.6 Å². The van der Waals surface area contributed by atoms with Gasteiger partial charge < -0.3 is 15.4 Å². The third-order valence-electron chi connectivity index (χ3n) is 6.02. The molecule has 0 saturated heterocycles. The average Bonchev–Trinajstić information content (AvgIpc) is 3.29. The molecule has 3 aromatic heterocycles. The van der Waals surface area contributed by atoms with Gasteiger partial charge in [-0.2, -0.15) is 0 Å². The molecule has 0 unspecified atom stereocenters. The number of rotatable bonds is 11. The molecule has 2 N–H and O–H groups in total. The smallest absolute Gasteiger partial charge is 0.257 e. The first-order valence-electron chi connectivity index (χ1n) is 12.9. The largest absolute Gasteiger partial charge is 0.361 e. The van der Waals surface area contributed by atoms with Crippen LogP contribution in [-0.4, -0.2) is 52.3 Å². The lowest BCUT2D eigenvalue weighted by atomic mass is 10.0. The fraction of sp³-hybridized carbons (Fsp3) is 0.276. The second kappa shape index (κ2) is 13.0. The highest BCUT2D eigenvalue weighted by molar-refractivity contribution is 7.98. The van der Waals surface area contributed by atoms with Crippen LogP contribution in [0.25, 0.3) is 22.5 Å². The van der Waals surface area contributed by atoms with Crippen molar-refractivity contribution in [2.45, 2.75) is 44.5 Å². The highest BCUT2D eigenvalue weighted by Gasteiger charge is 2.23. The molecule has 0 saturated carbocycles. The summed E-state index contributed by atoms with van der Waals surface area (Å²) in [5, 5.41) is 6.56. The van der Waals surface area contributed by atoms with E-state index < -0.39 is 8.07 Å². The standard InChI is InChI=1S/C29H34N6O3SSi/c1-20(36)32-25-17-21(12-14-31-25)27-26(34-29(39-2)35(27)19-38-15-16-40(3,4)5)23-10-6-7-11-24(23)33-28(37)22-9-8-13-30-18-22/h6-14,17-18H,15-16,19H2,1-5H3,(H,33,37)(H,31,32,36). The Hall–Kier alpha value is -3.80. The summed E-state index contributed by atoms with van der Waals surface area (Å²) in [7, 11) is -1.26. The van der Waals surface area contributed by atoms with Crippen molar-refractivity contribution in [1.82, 2.24) is 19.5 Å². The Morgan fingerprint density at radius 2 is 1.85 bits per heavy atom. The van der Waals surface area contributed by atoms with Crippen LogP contribution in [-0.2, 0) is 16.3 Å². The topological polar surface area (TPSA) is 111 Å². The summed E-state index contributed by atoms with van der Waals surface area (Å²) in [6.45, 7) is 9.38. The van der Waals surface area contributed by atoms with Gasteiger partial charge in [0.15, 0.2) is 5.16 Å². The molecule has 2 amide bonds. The maximum absolute atomic E-state index is 13.0. The van der Waals surface area contributed by atoms with Crippen molar-refractivity contribution in [2.24, 2.45) is 0 Å². The monoisotopic (exact) mass is 574 g/mol. The van der Waals surface area contributed by atoms with Crippen LogP contribution in [0.3, 0.4) is 0 Å². The van der Waals surface area contributed by atoms with Crippen LogP contribution in [0.5, 0.6) is 0 Å². The number of pyridine rings is 2. The van der Waals surface area contributed by atoms with Gasteiger partial charge in [0.05, 0.1) is 22.6 Å². The molecule has 4 rings (SSSR count). The third-order valence-corrected chi connectivity index (χ3v) is 8.40. The summed E-state index contributed by atoms with van der Waals surface area (Å²) in [5.41, 5.74) is 4.12. The molecule has 0 aliphatic heterocycles. The zero-order valence-corrected chi connectivity index (χ0v) is 25.2. The van der Waals surface area contributed by atoms with Gasteiger partial charge in [-0.25, -0.2) is 9.97 Å². The van der Waals surface area contributed by atoms with E-state index in [1.807, 2.05) is 47.2 Å². The molecular formula is C29H34N6O3SSi. The number of amides is 2. The number of aromatic nitrogens is 4. The zero-order valence-electron chi connectivity index (χ0n) is 23.4. The number of ether oxygens (including phenoxy) is 1. The van der Waals surface area contributed by atoms with E-state index in [9.17, 15) is 9.59 Å². The molecule has 9 nitrogen and oxygen atoms in total. The Balaban J connectivity index is 1.81. The molecule has 208 valence electrons. The van der Waals surface area contributed by atoms with Gasteiger partial charge in [-0.15, -0.1) is 0 Å². The van der Waals surface area contributed by atoms with E-state index in [0.29, 0.717) is 36.1 Å². The van der Waals surface area contributed by atoms with Gasteiger partial charge in [0.25, 0.3) is 5.91 Å². The molecule has 0 atom stereocenters. The first-order valence-corrected chi connectivity index (χ1v) is 17.9. The molecular weight excluding hydrogens is 541 g/mol. The van der Waals surface area contributed by atoms with E-state index >= 15 is 0 Å². The van der Waals surface area contributed by atoms with Crippen molar-refractivity contribution in [3.63, 3.8) is 0 Å². The van der Waals surface area contributed by atoms with Gasteiger partial charge >= 0.3 is 0 Å². The van der Waals surface area contributed by atoms with Crippen LogP contribution in [0.1, 0.15) is 17.3 Å². The first kappa shape index (κ1) is 29.2. The third kappa shape index (κ3) is 7.43. The van der Waals surface area contributed by atoms with Crippen molar-refractivity contribution in [3.8, 4) is 22.5 Å². The number of carbonyl (C=O) groups is 2. The quantitative estimate of drug-likeness (QED) is 0.124. The number of anilines is 2. The molecule has 0 bridgehead atoms. The van der Waals surface area contributed by atoms with E-state index in [0.717, 1.165) is 28.0 Å². The first-order chi connectivity index (χ1) is 19.2. The van der Waals surface area contributed by atoms with Crippen LogP contribution < -0.4 is 10.6 Å². The molecule has 3 heterocycles. The SMILES string of the molecule is CSc1nc(-c2ccccc2NC(=O)c2cccnc2)c(-c2ccnc(NC(C)=O)c2)n1COCC[Si](C)(C)C. The van der Waals surface area contributed by atoms with Crippen molar-refractivity contribution in [1.29, 1.82) is 0 Å². The highest BCUT2D eigenvalue weighted by Crippen LogP contribution is 2.39. The van der Waals surface area contributed by atoms with Crippen LogP contribution in [0.15, 0.2) is 72.3 Å². The maximum Gasteiger partial charge on any atom is 0.257 e. The van der Waals surface area contributed by atoms with Gasteiger partial charge in [-0.05, 0) is 42.6 Å². The van der Waals surface area contributed by atoms with Gasteiger partial charge in [0, 0.05) is 51.3 Å². The molecule has 0 spiro atoms.